The molecular weight excluding hydrogens is 275 g/mol. The molecule has 1 rings (SSSR count). The molecule has 0 spiro atoms. The van der Waals surface area contributed by atoms with Crippen LogP contribution in [0.15, 0.2) is 12.2 Å². The van der Waals surface area contributed by atoms with Crippen molar-refractivity contribution in [3.8, 4) is 0 Å². The number of epoxide rings is 1. The van der Waals surface area contributed by atoms with E-state index in [1.807, 2.05) is 14.1 Å². The number of halogens is 2. The first-order chi connectivity index (χ1) is 7.85. The van der Waals surface area contributed by atoms with E-state index >= 15 is 0 Å². The Morgan fingerprint density at radius 1 is 1.61 bits per heavy atom. The van der Waals surface area contributed by atoms with Gasteiger partial charge in [-0.2, -0.15) is 0 Å². The molecule has 1 heterocycles. The predicted molar refractivity (Wildman–Crippen MR) is 76.3 cm³/mol. The Bertz CT molecular complexity index is 306. The van der Waals surface area contributed by atoms with Gasteiger partial charge < -0.3 is 15.0 Å². The van der Waals surface area contributed by atoms with E-state index in [2.05, 4.69) is 16.8 Å². The van der Waals surface area contributed by atoms with Crippen LogP contribution in [0.1, 0.15) is 19.8 Å². The number of carbonyl (C=O) groups excluding carboxylic acids is 1. The summed E-state index contributed by atoms with van der Waals surface area (Å²) in [7, 11) is 4.02. The molecule has 0 aromatic rings. The second-order valence-electron chi connectivity index (χ2n) is 4.83. The Labute approximate surface area is 120 Å². The van der Waals surface area contributed by atoms with Gasteiger partial charge >= 0.3 is 0 Å². The van der Waals surface area contributed by atoms with Crippen molar-refractivity contribution in [1.29, 1.82) is 0 Å². The van der Waals surface area contributed by atoms with Crippen molar-refractivity contribution in [3.05, 3.63) is 12.2 Å². The van der Waals surface area contributed by atoms with Crippen molar-refractivity contribution in [2.45, 2.75) is 30.9 Å². The van der Waals surface area contributed by atoms with Crippen LogP contribution in [0, 0.1) is 0 Å². The van der Waals surface area contributed by atoms with Gasteiger partial charge in [-0.3, -0.25) is 4.79 Å². The molecule has 0 radical (unpaired) electrons. The van der Waals surface area contributed by atoms with Gasteiger partial charge in [0.25, 0.3) is 0 Å². The SMILES string of the molecule is C=C(C)C(=O)NC(Cl)(CCCN(C)C)C1CO1.Cl. The van der Waals surface area contributed by atoms with E-state index in [4.69, 9.17) is 16.3 Å². The Balaban J connectivity index is 0.00000289. The van der Waals surface area contributed by atoms with Crippen LogP contribution in [0.3, 0.4) is 0 Å². The van der Waals surface area contributed by atoms with Crippen molar-refractivity contribution in [2.24, 2.45) is 0 Å². The van der Waals surface area contributed by atoms with Gasteiger partial charge in [-0.1, -0.05) is 18.2 Å². The smallest absolute Gasteiger partial charge is 0.247 e. The van der Waals surface area contributed by atoms with Gasteiger partial charge in [0.15, 0.2) is 0 Å². The van der Waals surface area contributed by atoms with E-state index < -0.39 is 5.00 Å². The van der Waals surface area contributed by atoms with Crippen molar-refractivity contribution < 1.29 is 9.53 Å². The topological polar surface area (TPSA) is 44.9 Å². The van der Waals surface area contributed by atoms with E-state index in [1.165, 1.54) is 0 Å². The zero-order valence-corrected chi connectivity index (χ0v) is 12.7. The Hall–Kier alpha value is -0.290. The van der Waals surface area contributed by atoms with E-state index in [9.17, 15) is 4.79 Å². The molecule has 18 heavy (non-hydrogen) atoms. The molecule has 1 aliphatic rings. The highest BCUT2D eigenvalue weighted by Gasteiger charge is 2.46. The minimum Gasteiger partial charge on any atom is -0.369 e. The van der Waals surface area contributed by atoms with Crippen molar-refractivity contribution in [3.63, 3.8) is 0 Å². The Morgan fingerprint density at radius 3 is 2.56 bits per heavy atom. The lowest BCUT2D eigenvalue weighted by molar-refractivity contribution is -0.118. The van der Waals surface area contributed by atoms with Crippen molar-refractivity contribution >= 4 is 29.9 Å². The molecule has 0 aromatic heterocycles. The summed E-state index contributed by atoms with van der Waals surface area (Å²) in [4.78, 5) is 12.9. The molecule has 1 N–H and O–H groups in total. The quantitative estimate of drug-likeness (QED) is 0.337. The summed E-state index contributed by atoms with van der Waals surface area (Å²) in [6.45, 7) is 6.82. The third kappa shape index (κ3) is 5.57. The van der Waals surface area contributed by atoms with Gasteiger partial charge in [0.2, 0.25) is 5.91 Å². The van der Waals surface area contributed by atoms with Gasteiger partial charge in [0, 0.05) is 5.57 Å². The lowest BCUT2D eigenvalue weighted by Crippen LogP contribution is -2.48. The number of alkyl halides is 1. The molecule has 106 valence electrons. The maximum Gasteiger partial charge on any atom is 0.247 e. The molecule has 1 fully saturated rings. The highest BCUT2D eigenvalue weighted by molar-refractivity contribution is 6.25. The zero-order chi connectivity index (χ0) is 13.1. The highest BCUT2D eigenvalue weighted by Crippen LogP contribution is 2.33. The average Bonchev–Trinajstić information content (AvgIpc) is 2.99. The first kappa shape index (κ1) is 17.7. The van der Waals surface area contributed by atoms with Crippen LogP contribution in [0.25, 0.3) is 0 Å². The van der Waals surface area contributed by atoms with Crippen LogP contribution in [0.4, 0.5) is 0 Å². The van der Waals surface area contributed by atoms with Crippen LogP contribution in [-0.4, -0.2) is 49.2 Å². The molecule has 2 atom stereocenters. The van der Waals surface area contributed by atoms with Gasteiger partial charge in [0.05, 0.1) is 6.61 Å². The summed E-state index contributed by atoms with van der Waals surface area (Å²) in [5, 5.41) is 2.81. The standard InChI is InChI=1S/C12H21ClN2O2.ClH/c1-9(2)11(16)14-12(13,10-8-17-10)6-5-7-15(3)4;/h10H,1,5-8H2,2-4H3,(H,14,16);1H. The fourth-order valence-corrected chi connectivity index (χ4v) is 1.91. The normalized spacial score (nSPS) is 20.8. The predicted octanol–water partition coefficient (Wildman–Crippen LogP) is 1.78. The number of nitrogens with zero attached hydrogens (tertiary/aromatic N) is 1. The van der Waals surface area contributed by atoms with Gasteiger partial charge in [-0.25, -0.2) is 0 Å². The second kappa shape index (κ2) is 7.34. The molecule has 0 aliphatic carbocycles. The average molecular weight is 297 g/mol. The number of nitrogens with one attached hydrogen (secondary N) is 1. The molecule has 1 saturated heterocycles. The van der Waals surface area contributed by atoms with E-state index in [0.29, 0.717) is 18.6 Å². The van der Waals surface area contributed by atoms with Crippen LogP contribution in [0.2, 0.25) is 0 Å². The first-order valence-corrected chi connectivity index (χ1v) is 6.16. The number of rotatable bonds is 7. The van der Waals surface area contributed by atoms with E-state index in [1.54, 1.807) is 6.92 Å². The molecule has 1 amide bonds. The van der Waals surface area contributed by atoms with E-state index in [0.717, 1.165) is 13.0 Å². The number of carbonyl (C=O) groups is 1. The van der Waals surface area contributed by atoms with Crippen LogP contribution in [-0.2, 0) is 9.53 Å². The monoisotopic (exact) mass is 296 g/mol. The van der Waals surface area contributed by atoms with Crippen molar-refractivity contribution in [1.82, 2.24) is 10.2 Å². The van der Waals surface area contributed by atoms with Gasteiger partial charge in [-0.05, 0) is 40.4 Å². The fraction of sp³-hybridized carbons (Fsp3) is 0.750. The lowest BCUT2D eigenvalue weighted by Gasteiger charge is -2.27. The summed E-state index contributed by atoms with van der Waals surface area (Å²) in [6.07, 6.45) is 1.53. The molecule has 0 aromatic carbocycles. The molecule has 4 nitrogen and oxygen atoms in total. The largest absolute Gasteiger partial charge is 0.369 e. The number of hydrogen-bond donors (Lipinski definition) is 1. The van der Waals surface area contributed by atoms with Crippen molar-refractivity contribution in [2.75, 3.05) is 27.2 Å². The first-order valence-electron chi connectivity index (χ1n) is 5.78. The molecule has 2 unspecified atom stereocenters. The van der Waals surface area contributed by atoms with Crippen LogP contribution < -0.4 is 5.32 Å². The van der Waals surface area contributed by atoms with E-state index in [-0.39, 0.29) is 24.4 Å². The zero-order valence-electron chi connectivity index (χ0n) is 11.2. The van der Waals surface area contributed by atoms with Crippen LogP contribution in [0.5, 0.6) is 0 Å². The third-order valence-corrected chi connectivity index (χ3v) is 3.23. The molecule has 1 aliphatic heterocycles. The summed E-state index contributed by atoms with van der Waals surface area (Å²) in [5.74, 6) is -0.208. The summed E-state index contributed by atoms with van der Waals surface area (Å²) in [5.41, 5.74) is 0.461. The van der Waals surface area contributed by atoms with Gasteiger partial charge in [0.1, 0.15) is 11.1 Å². The summed E-state index contributed by atoms with van der Waals surface area (Å²) < 4.78 is 5.22. The molecule has 0 saturated carbocycles. The lowest BCUT2D eigenvalue weighted by atomic mass is 10.1. The minimum atomic E-state index is -0.786. The molecule has 6 heteroatoms. The summed E-state index contributed by atoms with van der Waals surface area (Å²) >= 11 is 6.44. The van der Waals surface area contributed by atoms with Gasteiger partial charge in [-0.15, -0.1) is 12.4 Å². The third-order valence-electron chi connectivity index (χ3n) is 2.70. The molecular formula is C12H22Cl2N2O2. The Morgan fingerprint density at radius 2 is 2.17 bits per heavy atom. The maximum atomic E-state index is 11.6. The highest BCUT2D eigenvalue weighted by atomic mass is 35.5. The maximum absolute atomic E-state index is 11.6. The number of ether oxygens (including phenoxy) is 1. The summed E-state index contributed by atoms with van der Waals surface area (Å²) in [6, 6.07) is 0. The Kier molecular flexibility index (Phi) is 7.22. The molecule has 0 bridgehead atoms. The fourth-order valence-electron chi connectivity index (χ4n) is 1.56. The van der Waals surface area contributed by atoms with Crippen LogP contribution >= 0.6 is 24.0 Å². The minimum absolute atomic E-state index is 0. The second-order valence-corrected chi connectivity index (χ2v) is 5.50. The number of hydrogen-bond acceptors (Lipinski definition) is 3. The number of amides is 1.